The molecule has 0 saturated carbocycles. The van der Waals surface area contributed by atoms with E-state index in [1.54, 1.807) is 41.9 Å². The summed E-state index contributed by atoms with van der Waals surface area (Å²) in [4.78, 5) is 12.7. The Bertz CT molecular complexity index is 970. The summed E-state index contributed by atoms with van der Waals surface area (Å²) in [6.45, 7) is 0. The highest BCUT2D eigenvalue weighted by atomic mass is 35.5. The van der Waals surface area contributed by atoms with Gasteiger partial charge in [-0.2, -0.15) is 13.2 Å². The van der Waals surface area contributed by atoms with Gasteiger partial charge in [0.25, 0.3) is 5.91 Å². The number of hydrogen-bond acceptors (Lipinski definition) is 2. The van der Waals surface area contributed by atoms with Gasteiger partial charge in [-0.1, -0.05) is 41.9 Å². The van der Waals surface area contributed by atoms with Gasteiger partial charge in [0, 0.05) is 23.0 Å². The average Bonchev–Trinajstić information content (AvgIpc) is 2.95. The first kappa shape index (κ1) is 19.3. The number of halogens is 4. The molecule has 3 aromatic rings. The van der Waals surface area contributed by atoms with Gasteiger partial charge in [0.2, 0.25) is 0 Å². The number of fused-ring (bicyclic) bond motifs is 1. The Hall–Kier alpha value is -2.51. The van der Waals surface area contributed by atoms with Gasteiger partial charge in [0.05, 0.1) is 6.04 Å². The molecular weight excluding hydrogens is 381 g/mol. The predicted molar refractivity (Wildman–Crippen MR) is 96.6 cm³/mol. The number of carbonyl (C=O) groups is 1. The first-order valence-electron chi connectivity index (χ1n) is 8.04. The molecule has 0 aliphatic carbocycles. The summed E-state index contributed by atoms with van der Waals surface area (Å²) in [5, 5.41) is 13.3. The van der Waals surface area contributed by atoms with Crippen molar-refractivity contribution in [3.8, 4) is 0 Å². The number of aliphatic hydroxyl groups is 1. The number of nitrogens with zero attached hydrogens (tertiary/aromatic N) is 1. The molecule has 0 bridgehead atoms. The van der Waals surface area contributed by atoms with Crippen molar-refractivity contribution in [3.63, 3.8) is 0 Å². The topological polar surface area (TPSA) is 54.3 Å². The predicted octanol–water partition coefficient (Wildman–Crippen LogP) is 4.23. The van der Waals surface area contributed by atoms with Gasteiger partial charge in [-0.25, -0.2) is 0 Å². The van der Waals surface area contributed by atoms with Crippen molar-refractivity contribution in [3.05, 3.63) is 70.9 Å². The van der Waals surface area contributed by atoms with E-state index >= 15 is 0 Å². The minimum Gasteiger partial charge on any atom is -0.381 e. The van der Waals surface area contributed by atoms with Gasteiger partial charge >= 0.3 is 6.18 Å². The molecule has 0 aliphatic heterocycles. The summed E-state index contributed by atoms with van der Waals surface area (Å²) in [7, 11) is 1.63. The number of amides is 1. The molecule has 2 aromatic carbocycles. The molecule has 0 saturated heterocycles. The number of carbonyl (C=O) groups excluding carboxylic acids is 1. The second-order valence-electron chi connectivity index (χ2n) is 6.14. The average molecular weight is 397 g/mol. The summed E-state index contributed by atoms with van der Waals surface area (Å²) >= 11 is 5.95. The van der Waals surface area contributed by atoms with E-state index in [0.717, 1.165) is 0 Å². The molecule has 2 atom stereocenters. The van der Waals surface area contributed by atoms with E-state index in [2.05, 4.69) is 5.32 Å². The van der Waals surface area contributed by atoms with Gasteiger partial charge in [0.15, 0.2) is 6.10 Å². The molecule has 1 aromatic heterocycles. The van der Waals surface area contributed by atoms with Crippen LogP contribution in [0.5, 0.6) is 0 Å². The molecule has 0 fully saturated rings. The highest BCUT2D eigenvalue weighted by Gasteiger charge is 2.45. The van der Waals surface area contributed by atoms with Crippen molar-refractivity contribution in [2.75, 3.05) is 0 Å². The smallest absolute Gasteiger partial charge is 0.381 e. The van der Waals surface area contributed by atoms with Crippen LogP contribution in [0.15, 0.2) is 54.6 Å². The van der Waals surface area contributed by atoms with Crippen molar-refractivity contribution in [1.29, 1.82) is 0 Å². The zero-order valence-corrected chi connectivity index (χ0v) is 14.9. The Labute approximate surface area is 158 Å². The van der Waals surface area contributed by atoms with Crippen LogP contribution in [0.25, 0.3) is 10.9 Å². The first-order chi connectivity index (χ1) is 12.7. The van der Waals surface area contributed by atoms with Crippen LogP contribution in [0.1, 0.15) is 22.1 Å². The maximum Gasteiger partial charge on any atom is 0.416 e. The normalized spacial score (nSPS) is 14.1. The molecule has 0 spiro atoms. The molecule has 1 heterocycles. The Morgan fingerprint density at radius 1 is 1.15 bits per heavy atom. The van der Waals surface area contributed by atoms with E-state index in [4.69, 9.17) is 11.6 Å². The standard InChI is InChI=1S/C19H16ClF3N2O2/c1-25-14-8-7-13(20)9-12(14)10-15(25)18(27)24-16(17(26)19(21,22)23)11-5-3-2-4-6-11/h2-10,16-17,26H,1H3,(H,24,27)/t16-,17-/m0/s1. The lowest BCUT2D eigenvalue weighted by Gasteiger charge is -2.26. The van der Waals surface area contributed by atoms with Crippen molar-refractivity contribution < 1.29 is 23.1 Å². The zero-order chi connectivity index (χ0) is 19.8. The van der Waals surface area contributed by atoms with Crippen LogP contribution in [0.4, 0.5) is 13.2 Å². The number of aromatic nitrogens is 1. The van der Waals surface area contributed by atoms with Crippen molar-refractivity contribution in [2.24, 2.45) is 7.05 Å². The third kappa shape index (κ3) is 3.94. The van der Waals surface area contributed by atoms with E-state index < -0.39 is 24.2 Å². The quantitative estimate of drug-likeness (QED) is 0.693. The monoisotopic (exact) mass is 396 g/mol. The summed E-state index contributed by atoms with van der Waals surface area (Å²) in [5.41, 5.74) is 1.01. The van der Waals surface area contributed by atoms with Crippen LogP contribution >= 0.6 is 11.6 Å². The van der Waals surface area contributed by atoms with Gasteiger partial charge in [-0.15, -0.1) is 0 Å². The Kier molecular flexibility index (Phi) is 5.17. The lowest BCUT2D eigenvalue weighted by atomic mass is 10.0. The number of benzene rings is 2. The second kappa shape index (κ2) is 7.25. The molecular formula is C19H16ClF3N2O2. The fraction of sp³-hybridized carbons (Fsp3) is 0.211. The molecule has 0 radical (unpaired) electrons. The number of nitrogens with one attached hydrogen (secondary N) is 1. The summed E-state index contributed by atoms with van der Waals surface area (Å²) < 4.78 is 40.9. The lowest BCUT2D eigenvalue weighted by Crippen LogP contribution is -2.44. The Balaban J connectivity index is 1.96. The van der Waals surface area contributed by atoms with Crippen LogP contribution in [0.3, 0.4) is 0 Å². The van der Waals surface area contributed by atoms with E-state index in [0.29, 0.717) is 15.9 Å². The number of rotatable bonds is 4. The maximum atomic E-state index is 13.1. The van der Waals surface area contributed by atoms with E-state index in [-0.39, 0.29) is 11.3 Å². The van der Waals surface area contributed by atoms with Crippen LogP contribution < -0.4 is 5.32 Å². The Morgan fingerprint density at radius 3 is 2.44 bits per heavy atom. The van der Waals surface area contributed by atoms with Gasteiger partial charge in [-0.3, -0.25) is 4.79 Å². The highest BCUT2D eigenvalue weighted by molar-refractivity contribution is 6.31. The van der Waals surface area contributed by atoms with Gasteiger partial charge in [-0.05, 0) is 29.8 Å². The lowest BCUT2D eigenvalue weighted by molar-refractivity contribution is -0.212. The fourth-order valence-electron chi connectivity index (χ4n) is 2.95. The van der Waals surface area contributed by atoms with Gasteiger partial charge in [0.1, 0.15) is 5.69 Å². The second-order valence-corrected chi connectivity index (χ2v) is 6.58. The summed E-state index contributed by atoms with van der Waals surface area (Å²) in [5.74, 6) is -0.734. The number of aliphatic hydroxyl groups excluding tert-OH is 1. The van der Waals surface area contributed by atoms with Crippen LogP contribution in [0, 0.1) is 0 Å². The maximum absolute atomic E-state index is 13.1. The molecule has 2 N–H and O–H groups in total. The number of hydrogen-bond donors (Lipinski definition) is 2. The highest BCUT2D eigenvalue weighted by Crippen LogP contribution is 2.31. The molecule has 3 rings (SSSR count). The molecule has 142 valence electrons. The number of alkyl halides is 3. The minimum absolute atomic E-state index is 0.150. The molecule has 0 unspecified atom stereocenters. The van der Waals surface area contributed by atoms with E-state index in [9.17, 15) is 23.1 Å². The van der Waals surface area contributed by atoms with Crippen LogP contribution in [-0.2, 0) is 7.05 Å². The Morgan fingerprint density at radius 2 is 1.81 bits per heavy atom. The third-order valence-corrected chi connectivity index (χ3v) is 4.57. The van der Waals surface area contributed by atoms with Gasteiger partial charge < -0.3 is 15.0 Å². The van der Waals surface area contributed by atoms with Crippen LogP contribution in [-0.4, -0.2) is 27.9 Å². The molecule has 0 aliphatic rings. The van der Waals surface area contributed by atoms with E-state index in [1.165, 1.54) is 24.3 Å². The first-order valence-corrected chi connectivity index (χ1v) is 8.42. The van der Waals surface area contributed by atoms with E-state index in [1.807, 2.05) is 0 Å². The molecule has 1 amide bonds. The SMILES string of the molecule is Cn1c(C(=O)N[C@@H](c2ccccc2)[C@H](O)C(F)(F)F)cc2cc(Cl)ccc21. The third-order valence-electron chi connectivity index (χ3n) is 4.33. The number of aryl methyl sites for hydroxylation is 1. The molecule has 4 nitrogen and oxygen atoms in total. The van der Waals surface area contributed by atoms with Crippen molar-refractivity contribution >= 4 is 28.4 Å². The summed E-state index contributed by atoms with van der Waals surface area (Å²) in [6.07, 6.45) is -7.63. The minimum atomic E-state index is -4.89. The summed E-state index contributed by atoms with van der Waals surface area (Å²) in [6, 6.07) is 12.5. The molecule has 27 heavy (non-hydrogen) atoms. The van der Waals surface area contributed by atoms with Crippen molar-refractivity contribution in [1.82, 2.24) is 9.88 Å². The fourth-order valence-corrected chi connectivity index (χ4v) is 3.13. The van der Waals surface area contributed by atoms with Crippen molar-refractivity contribution in [2.45, 2.75) is 18.3 Å². The largest absolute Gasteiger partial charge is 0.416 e. The van der Waals surface area contributed by atoms with Crippen LogP contribution in [0.2, 0.25) is 5.02 Å². The molecule has 8 heteroatoms. The zero-order valence-electron chi connectivity index (χ0n) is 14.2.